The fourth-order valence-electron chi connectivity index (χ4n) is 5.09. The topological polar surface area (TPSA) is 35.2 Å². The summed E-state index contributed by atoms with van der Waals surface area (Å²) >= 11 is 0. The first-order chi connectivity index (χ1) is 16.3. The lowest BCUT2D eigenvalue weighted by molar-refractivity contribution is 0.322. The maximum Gasteiger partial charge on any atom is 0.283 e. The molecule has 0 saturated heterocycles. The Kier molecular flexibility index (Phi) is 7.06. The molecule has 4 aromatic rings. The first-order valence-electron chi connectivity index (χ1n) is 11.9. The van der Waals surface area contributed by atoms with Gasteiger partial charge >= 0.3 is 0 Å². The van der Waals surface area contributed by atoms with Gasteiger partial charge in [-0.2, -0.15) is 0 Å². The number of hydrogen-bond acceptors (Lipinski definition) is 2. The van der Waals surface area contributed by atoms with Crippen molar-refractivity contribution in [2.75, 3.05) is 5.73 Å². The van der Waals surface area contributed by atoms with Crippen LogP contribution >= 0.6 is 0 Å². The van der Waals surface area contributed by atoms with Gasteiger partial charge in [-0.25, -0.2) is 0 Å². The Morgan fingerprint density at radius 1 is 0.765 bits per heavy atom. The van der Waals surface area contributed by atoms with Crippen molar-refractivity contribution in [1.29, 1.82) is 0 Å². The maximum atomic E-state index is 6.80. The Balaban J connectivity index is 1.80. The van der Waals surface area contributed by atoms with Crippen LogP contribution in [0.15, 0.2) is 91.0 Å². The van der Waals surface area contributed by atoms with E-state index in [-0.39, 0.29) is 5.41 Å². The molecule has 2 nitrogen and oxygen atoms in total. The van der Waals surface area contributed by atoms with E-state index in [1.807, 2.05) is 12.1 Å². The zero-order valence-electron chi connectivity index (χ0n) is 20.9. The number of nitrogen functional groups attached to an aromatic ring is 1. The number of nitrogens with two attached hydrogens (primary N) is 1. The molecule has 0 aromatic heterocycles. The second kappa shape index (κ2) is 10.0. The summed E-state index contributed by atoms with van der Waals surface area (Å²) in [5.74, 6) is 0. The van der Waals surface area contributed by atoms with Crippen LogP contribution in [-0.4, -0.2) is 9.04 Å². The van der Waals surface area contributed by atoms with E-state index in [0.717, 1.165) is 11.3 Å². The highest BCUT2D eigenvalue weighted by molar-refractivity contribution is 6.80. The molecule has 173 valence electrons. The molecular weight excluding hydrogens is 430 g/mol. The van der Waals surface area contributed by atoms with Gasteiger partial charge in [-0.05, 0) is 75.1 Å². The molecule has 0 amide bonds. The highest BCUT2D eigenvalue weighted by Crippen LogP contribution is 2.38. The zero-order valence-corrected chi connectivity index (χ0v) is 21.9. The molecule has 0 spiro atoms. The molecule has 0 atom stereocenters. The fraction of sp³-hybridized carbons (Fsp3) is 0.226. The first kappa shape index (κ1) is 24.0. The van der Waals surface area contributed by atoms with E-state index in [2.05, 4.69) is 113 Å². The standard InChI is InChI=1S/C31H34NOSi/c1-22-19-25(21-33-34(27-15-8-6-9-16-27)28-17-10-7-11-18-28)29(23(2)30(22)31(3,4)5)24-13-12-14-26(32)20-24/h6-20H,21,32H2,1-5H3. The lowest BCUT2D eigenvalue weighted by Crippen LogP contribution is -2.44. The van der Waals surface area contributed by atoms with Gasteiger partial charge in [-0.1, -0.05) is 99.6 Å². The minimum absolute atomic E-state index is 0.0473. The van der Waals surface area contributed by atoms with E-state index in [1.165, 1.54) is 38.2 Å². The Bertz CT molecular complexity index is 1220. The third-order valence-corrected chi connectivity index (χ3v) is 8.37. The second-order valence-corrected chi connectivity index (χ2v) is 12.1. The van der Waals surface area contributed by atoms with E-state index in [1.54, 1.807) is 0 Å². The Labute approximate surface area is 206 Å². The minimum atomic E-state index is -1.39. The van der Waals surface area contributed by atoms with E-state index >= 15 is 0 Å². The van der Waals surface area contributed by atoms with Crippen molar-refractivity contribution in [1.82, 2.24) is 0 Å². The Morgan fingerprint density at radius 2 is 1.35 bits per heavy atom. The van der Waals surface area contributed by atoms with Crippen LogP contribution in [0.25, 0.3) is 11.1 Å². The van der Waals surface area contributed by atoms with Crippen molar-refractivity contribution in [3.63, 3.8) is 0 Å². The van der Waals surface area contributed by atoms with Gasteiger partial charge < -0.3 is 10.2 Å². The van der Waals surface area contributed by atoms with E-state index in [0.29, 0.717) is 6.61 Å². The summed E-state index contributed by atoms with van der Waals surface area (Å²) in [5, 5.41) is 2.51. The average molecular weight is 465 g/mol. The predicted octanol–water partition coefficient (Wildman–Crippen LogP) is 6.17. The summed E-state index contributed by atoms with van der Waals surface area (Å²) in [6.45, 7) is 11.9. The van der Waals surface area contributed by atoms with Gasteiger partial charge in [0.1, 0.15) is 0 Å². The maximum absolute atomic E-state index is 6.80. The number of aryl methyl sites for hydroxylation is 1. The smallest absolute Gasteiger partial charge is 0.283 e. The summed E-state index contributed by atoms with van der Waals surface area (Å²) in [4.78, 5) is 0. The molecule has 0 fully saturated rings. The van der Waals surface area contributed by atoms with Gasteiger partial charge in [0.15, 0.2) is 0 Å². The molecule has 0 aliphatic heterocycles. The van der Waals surface area contributed by atoms with Crippen molar-refractivity contribution >= 4 is 25.1 Å². The van der Waals surface area contributed by atoms with Crippen LogP contribution in [0.4, 0.5) is 5.69 Å². The molecule has 1 radical (unpaired) electrons. The number of rotatable bonds is 6. The molecule has 0 heterocycles. The van der Waals surface area contributed by atoms with Crippen LogP contribution < -0.4 is 16.1 Å². The van der Waals surface area contributed by atoms with Crippen molar-refractivity contribution < 1.29 is 4.43 Å². The molecule has 3 heteroatoms. The molecule has 0 unspecified atom stereocenters. The molecule has 0 aliphatic carbocycles. The van der Waals surface area contributed by atoms with E-state index in [4.69, 9.17) is 10.2 Å². The van der Waals surface area contributed by atoms with Crippen molar-refractivity contribution in [2.45, 2.75) is 46.6 Å². The highest BCUT2D eigenvalue weighted by atomic mass is 28.3. The predicted molar refractivity (Wildman–Crippen MR) is 147 cm³/mol. The summed E-state index contributed by atoms with van der Waals surface area (Å²) in [7, 11) is -1.39. The number of anilines is 1. The number of hydrogen-bond donors (Lipinski definition) is 1. The van der Waals surface area contributed by atoms with E-state index < -0.39 is 9.04 Å². The van der Waals surface area contributed by atoms with Gasteiger partial charge in [-0.15, -0.1) is 0 Å². The monoisotopic (exact) mass is 464 g/mol. The normalized spacial score (nSPS) is 11.7. The molecule has 0 bridgehead atoms. The van der Waals surface area contributed by atoms with Crippen LogP contribution in [0.1, 0.15) is 43.0 Å². The quantitative estimate of drug-likeness (QED) is 0.273. The van der Waals surface area contributed by atoms with Gasteiger partial charge in [0.2, 0.25) is 0 Å². The third kappa shape index (κ3) is 5.16. The van der Waals surface area contributed by atoms with Crippen LogP contribution in [0.2, 0.25) is 0 Å². The van der Waals surface area contributed by atoms with Crippen LogP contribution in [0, 0.1) is 13.8 Å². The van der Waals surface area contributed by atoms with Crippen molar-refractivity contribution in [3.05, 3.63) is 113 Å². The van der Waals surface area contributed by atoms with Crippen LogP contribution in [-0.2, 0) is 16.4 Å². The second-order valence-electron chi connectivity index (χ2n) is 9.95. The summed E-state index contributed by atoms with van der Waals surface area (Å²) in [6.07, 6.45) is 0. The zero-order chi connectivity index (χ0) is 24.3. The van der Waals surface area contributed by atoms with Crippen LogP contribution in [0.5, 0.6) is 0 Å². The van der Waals surface area contributed by atoms with Crippen molar-refractivity contribution in [2.24, 2.45) is 0 Å². The molecule has 2 N–H and O–H groups in total. The summed E-state index contributed by atoms with van der Waals surface area (Å²) in [6, 6.07) is 31.8. The Hall–Kier alpha value is -3.14. The highest BCUT2D eigenvalue weighted by Gasteiger charge is 2.25. The largest absolute Gasteiger partial charge is 0.403 e. The van der Waals surface area contributed by atoms with E-state index in [9.17, 15) is 0 Å². The SMILES string of the molecule is Cc1cc(CO[Si](c2ccccc2)c2ccccc2)c(-c2cccc(N)c2)c(C)c1C(C)(C)C. The van der Waals surface area contributed by atoms with Gasteiger partial charge in [0.05, 0.1) is 6.61 Å². The van der Waals surface area contributed by atoms with Gasteiger partial charge in [-0.3, -0.25) is 0 Å². The van der Waals surface area contributed by atoms with Crippen LogP contribution in [0.3, 0.4) is 0 Å². The van der Waals surface area contributed by atoms with Crippen molar-refractivity contribution in [3.8, 4) is 11.1 Å². The lowest BCUT2D eigenvalue weighted by atomic mass is 9.77. The molecule has 0 saturated carbocycles. The molecule has 34 heavy (non-hydrogen) atoms. The van der Waals surface area contributed by atoms with Gasteiger partial charge in [0, 0.05) is 5.69 Å². The molecule has 4 rings (SSSR count). The lowest BCUT2D eigenvalue weighted by Gasteiger charge is -2.28. The molecular formula is C31H34NOSi. The summed E-state index contributed by atoms with van der Waals surface area (Å²) < 4.78 is 6.80. The fourth-order valence-corrected chi connectivity index (χ4v) is 7.05. The Morgan fingerprint density at radius 3 is 1.88 bits per heavy atom. The van der Waals surface area contributed by atoms with Gasteiger partial charge in [0.25, 0.3) is 9.04 Å². The molecule has 4 aromatic carbocycles. The number of benzene rings is 4. The molecule has 0 aliphatic rings. The average Bonchev–Trinajstić information content (AvgIpc) is 2.79. The minimum Gasteiger partial charge on any atom is -0.403 e. The first-order valence-corrected chi connectivity index (χ1v) is 13.3. The third-order valence-electron chi connectivity index (χ3n) is 6.23. The summed E-state index contributed by atoms with van der Waals surface area (Å²) in [5.41, 5.74) is 14.6.